The molecule has 0 aliphatic heterocycles. The van der Waals surface area contributed by atoms with Crippen molar-refractivity contribution in [3.8, 4) is 0 Å². The lowest BCUT2D eigenvalue weighted by Gasteiger charge is -2.08. The highest BCUT2D eigenvalue weighted by Gasteiger charge is 2.07. The molecule has 0 aliphatic rings. The van der Waals surface area contributed by atoms with Crippen molar-refractivity contribution in [1.29, 1.82) is 0 Å². The van der Waals surface area contributed by atoms with Crippen LogP contribution < -0.4 is 11.1 Å². The van der Waals surface area contributed by atoms with Crippen LogP contribution in [0.1, 0.15) is 26.7 Å². The number of nitrogens with two attached hydrogens (primary N) is 1. The lowest BCUT2D eigenvalue weighted by molar-refractivity contribution is -0.117. The Bertz CT molecular complexity index is 321. The molecule has 1 aromatic rings. The first-order valence-electron chi connectivity index (χ1n) is 5.13. The molecule has 0 radical (unpaired) electrons. The fourth-order valence-corrected chi connectivity index (χ4v) is 1.13. The van der Waals surface area contributed by atoms with Crippen molar-refractivity contribution in [2.24, 2.45) is 5.92 Å². The van der Waals surface area contributed by atoms with Crippen LogP contribution in [-0.2, 0) is 4.79 Å². The fourth-order valence-electron chi connectivity index (χ4n) is 1.13. The van der Waals surface area contributed by atoms with Crippen LogP contribution in [0.25, 0.3) is 0 Å². The Kier molecular flexibility index (Phi) is 4.09. The molecular formula is C11H17N3O. The highest BCUT2D eigenvalue weighted by molar-refractivity contribution is 5.89. The molecule has 3 N–H and O–H groups in total. The summed E-state index contributed by atoms with van der Waals surface area (Å²) >= 11 is 0. The van der Waals surface area contributed by atoms with Crippen molar-refractivity contribution in [3.05, 3.63) is 18.3 Å². The summed E-state index contributed by atoms with van der Waals surface area (Å²) in [6, 6.07) is 3.41. The fraction of sp³-hybridized carbons (Fsp3) is 0.455. The highest BCUT2D eigenvalue weighted by Crippen LogP contribution is 2.10. The number of nitrogens with zero attached hydrogens (tertiary/aromatic N) is 1. The van der Waals surface area contributed by atoms with Crippen molar-refractivity contribution in [3.63, 3.8) is 0 Å². The zero-order chi connectivity index (χ0) is 11.3. The van der Waals surface area contributed by atoms with Gasteiger partial charge in [-0.1, -0.05) is 20.3 Å². The van der Waals surface area contributed by atoms with Gasteiger partial charge >= 0.3 is 0 Å². The third kappa shape index (κ3) is 3.97. The Morgan fingerprint density at radius 1 is 1.60 bits per heavy atom. The van der Waals surface area contributed by atoms with Gasteiger partial charge in [0.05, 0.1) is 11.9 Å². The summed E-state index contributed by atoms with van der Waals surface area (Å²) < 4.78 is 0. The molecule has 4 nitrogen and oxygen atoms in total. The third-order valence-corrected chi connectivity index (χ3v) is 2.28. The summed E-state index contributed by atoms with van der Waals surface area (Å²) in [5, 5.41) is 2.73. The molecule has 82 valence electrons. The van der Waals surface area contributed by atoms with Crippen molar-refractivity contribution in [1.82, 2.24) is 4.98 Å². The minimum atomic E-state index is 0.00150. The molecule has 1 amide bonds. The Morgan fingerprint density at radius 2 is 2.33 bits per heavy atom. The van der Waals surface area contributed by atoms with Gasteiger partial charge in [0.2, 0.25) is 5.91 Å². The monoisotopic (exact) mass is 207 g/mol. The Balaban J connectivity index is 2.48. The van der Waals surface area contributed by atoms with Gasteiger partial charge in [-0.3, -0.25) is 4.79 Å². The molecule has 1 heterocycles. The maximum Gasteiger partial charge on any atom is 0.225 e. The van der Waals surface area contributed by atoms with Crippen molar-refractivity contribution in [2.45, 2.75) is 26.7 Å². The number of hydrogen-bond donors (Lipinski definition) is 2. The van der Waals surface area contributed by atoms with E-state index in [9.17, 15) is 4.79 Å². The number of carbonyl (C=O) groups excluding carboxylic acids is 1. The topological polar surface area (TPSA) is 68.0 Å². The molecule has 0 saturated heterocycles. The first-order valence-corrected chi connectivity index (χ1v) is 5.13. The minimum absolute atomic E-state index is 0.00150. The predicted molar refractivity (Wildman–Crippen MR) is 61.4 cm³/mol. The van der Waals surface area contributed by atoms with Gasteiger partial charge in [-0.2, -0.15) is 0 Å². The molecule has 4 heteroatoms. The molecule has 0 saturated carbocycles. The standard InChI is InChI=1S/C11H17N3O/c1-3-8(2)6-11(15)14-10-5-4-9(12)7-13-10/h4-5,7-8H,3,6,12H2,1-2H3,(H,13,14,15). The minimum Gasteiger partial charge on any atom is -0.397 e. The predicted octanol–water partition coefficient (Wildman–Crippen LogP) is 2.04. The van der Waals surface area contributed by atoms with Crippen LogP contribution in [0.5, 0.6) is 0 Å². The Labute approximate surface area is 89.9 Å². The lowest BCUT2D eigenvalue weighted by Crippen LogP contribution is -2.15. The van der Waals surface area contributed by atoms with Crippen LogP contribution in [0.2, 0.25) is 0 Å². The van der Waals surface area contributed by atoms with E-state index in [-0.39, 0.29) is 5.91 Å². The van der Waals surface area contributed by atoms with Crippen LogP contribution >= 0.6 is 0 Å². The van der Waals surface area contributed by atoms with Gasteiger partial charge in [0.15, 0.2) is 0 Å². The molecule has 0 bridgehead atoms. The number of aromatic nitrogens is 1. The molecule has 0 aromatic carbocycles. The SMILES string of the molecule is CCC(C)CC(=O)Nc1ccc(N)cn1. The van der Waals surface area contributed by atoms with E-state index in [2.05, 4.69) is 24.1 Å². The van der Waals surface area contributed by atoms with E-state index in [0.717, 1.165) is 6.42 Å². The van der Waals surface area contributed by atoms with Crippen LogP contribution in [0, 0.1) is 5.92 Å². The smallest absolute Gasteiger partial charge is 0.225 e. The molecule has 1 unspecified atom stereocenters. The summed E-state index contributed by atoms with van der Waals surface area (Å²) in [6.45, 7) is 4.12. The van der Waals surface area contributed by atoms with Crippen molar-refractivity contribution in [2.75, 3.05) is 11.1 Å². The lowest BCUT2D eigenvalue weighted by atomic mass is 10.1. The zero-order valence-electron chi connectivity index (χ0n) is 9.16. The van der Waals surface area contributed by atoms with Gasteiger partial charge in [-0.15, -0.1) is 0 Å². The number of hydrogen-bond acceptors (Lipinski definition) is 3. The van der Waals surface area contributed by atoms with E-state index in [1.165, 1.54) is 6.20 Å². The molecule has 0 fully saturated rings. The van der Waals surface area contributed by atoms with E-state index in [0.29, 0.717) is 23.8 Å². The Morgan fingerprint density at radius 3 is 2.87 bits per heavy atom. The Hall–Kier alpha value is -1.58. The normalized spacial score (nSPS) is 12.1. The number of rotatable bonds is 4. The van der Waals surface area contributed by atoms with Gasteiger partial charge in [0.25, 0.3) is 0 Å². The number of nitrogens with one attached hydrogen (secondary N) is 1. The van der Waals surface area contributed by atoms with Gasteiger partial charge in [-0.05, 0) is 18.1 Å². The van der Waals surface area contributed by atoms with E-state index in [4.69, 9.17) is 5.73 Å². The molecule has 0 aliphatic carbocycles. The molecule has 1 atom stereocenters. The average Bonchev–Trinajstić information content (AvgIpc) is 2.21. The third-order valence-electron chi connectivity index (χ3n) is 2.28. The molecule has 1 aromatic heterocycles. The van der Waals surface area contributed by atoms with E-state index < -0.39 is 0 Å². The van der Waals surface area contributed by atoms with Crippen LogP contribution in [0.3, 0.4) is 0 Å². The molecular weight excluding hydrogens is 190 g/mol. The van der Waals surface area contributed by atoms with Crippen molar-refractivity contribution < 1.29 is 4.79 Å². The second-order valence-corrected chi connectivity index (χ2v) is 3.74. The summed E-state index contributed by atoms with van der Waals surface area (Å²) in [5.74, 6) is 0.956. The average molecular weight is 207 g/mol. The highest BCUT2D eigenvalue weighted by atomic mass is 16.1. The number of carbonyl (C=O) groups is 1. The second-order valence-electron chi connectivity index (χ2n) is 3.74. The summed E-state index contributed by atoms with van der Waals surface area (Å²) in [4.78, 5) is 15.5. The second kappa shape index (κ2) is 5.34. The molecule has 0 spiro atoms. The van der Waals surface area contributed by atoms with Crippen molar-refractivity contribution >= 4 is 17.4 Å². The number of pyridine rings is 1. The van der Waals surface area contributed by atoms with Gasteiger partial charge < -0.3 is 11.1 Å². The van der Waals surface area contributed by atoms with E-state index in [1.54, 1.807) is 12.1 Å². The number of nitrogen functional groups attached to an aromatic ring is 1. The van der Waals surface area contributed by atoms with Crippen LogP contribution in [0.4, 0.5) is 11.5 Å². The summed E-state index contributed by atoms with van der Waals surface area (Å²) in [5.41, 5.74) is 6.08. The van der Waals surface area contributed by atoms with Gasteiger partial charge in [0, 0.05) is 6.42 Å². The molecule has 1 rings (SSSR count). The quantitative estimate of drug-likeness (QED) is 0.793. The molecule has 15 heavy (non-hydrogen) atoms. The summed E-state index contributed by atoms with van der Waals surface area (Å²) in [6.07, 6.45) is 3.06. The van der Waals surface area contributed by atoms with Gasteiger partial charge in [-0.25, -0.2) is 4.98 Å². The van der Waals surface area contributed by atoms with Crippen LogP contribution in [0.15, 0.2) is 18.3 Å². The maximum atomic E-state index is 11.5. The maximum absolute atomic E-state index is 11.5. The largest absolute Gasteiger partial charge is 0.397 e. The van der Waals surface area contributed by atoms with E-state index in [1.807, 2.05) is 0 Å². The van der Waals surface area contributed by atoms with Gasteiger partial charge in [0.1, 0.15) is 5.82 Å². The first kappa shape index (κ1) is 11.5. The zero-order valence-corrected chi connectivity index (χ0v) is 9.16. The number of anilines is 2. The summed E-state index contributed by atoms with van der Waals surface area (Å²) in [7, 11) is 0. The van der Waals surface area contributed by atoms with E-state index >= 15 is 0 Å². The first-order chi connectivity index (χ1) is 7.11. The van der Waals surface area contributed by atoms with Crippen LogP contribution in [-0.4, -0.2) is 10.9 Å². The number of amides is 1.